The van der Waals surface area contributed by atoms with E-state index in [4.69, 9.17) is 11.5 Å². The van der Waals surface area contributed by atoms with Crippen molar-refractivity contribution in [2.24, 2.45) is 35.1 Å². The first kappa shape index (κ1) is 24.4. The predicted molar refractivity (Wildman–Crippen MR) is 123 cm³/mol. The van der Waals surface area contributed by atoms with Crippen molar-refractivity contribution in [3.8, 4) is 5.75 Å². The van der Waals surface area contributed by atoms with E-state index >= 15 is 0 Å². The van der Waals surface area contributed by atoms with Gasteiger partial charge < -0.3 is 37.2 Å². The van der Waals surface area contributed by atoms with Gasteiger partial charge in [0.1, 0.15) is 22.8 Å². The number of aliphatic hydroxyl groups excluding tert-OH is 2. The molecule has 0 aromatic heterocycles. The standard InChI is InChI=1S/C24H27N3O8/c1-8(2)14-11-6-10-5-9-3-4-12(27-13(28)7-25)18(29)15(9)20(31)16(10)21(32)24(11,35)22(33)17(19(14)30)23(26)34/h3-4,8,10-11,14,29,31,33,35H,5-7,25H2,1-2H3,(H2,26,34)(H,27,28)/t10-,11-,14-,24-/m0/s1. The normalized spacial score (nSPS) is 28.0. The minimum Gasteiger partial charge on any atom is -0.508 e. The number of benzene rings is 1. The zero-order valence-corrected chi connectivity index (χ0v) is 19.2. The number of nitrogens with one attached hydrogen (secondary N) is 1. The third kappa shape index (κ3) is 3.34. The molecule has 3 aliphatic carbocycles. The molecule has 9 N–H and O–H groups in total. The number of amides is 2. The Kier molecular flexibility index (Phi) is 5.73. The number of ketones is 2. The van der Waals surface area contributed by atoms with Crippen molar-refractivity contribution < 1.29 is 39.6 Å². The molecule has 0 radical (unpaired) electrons. The van der Waals surface area contributed by atoms with E-state index in [2.05, 4.69) is 5.32 Å². The van der Waals surface area contributed by atoms with Crippen LogP contribution in [0.25, 0.3) is 5.76 Å². The van der Waals surface area contributed by atoms with Gasteiger partial charge in [-0.15, -0.1) is 0 Å². The summed E-state index contributed by atoms with van der Waals surface area (Å²) in [5.74, 6) is -9.00. The maximum absolute atomic E-state index is 13.7. The molecule has 11 heteroatoms. The number of anilines is 1. The van der Waals surface area contributed by atoms with E-state index in [1.54, 1.807) is 19.9 Å². The third-order valence-corrected chi connectivity index (χ3v) is 7.30. The molecule has 1 aromatic carbocycles. The van der Waals surface area contributed by atoms with Crippen molar-refractivity contribution in [1.29, 1.82) is 0 Å². The van der Waals surface area contributed by atoms with Crippen LogP contribution in [0.1, 0.15) is 31.4 Å². The van der Waals surface area contributed by atoms with Crippen LogP contribution in [0.3, 0.4) is 0 Å². The molecule has 2 amide bonds. The second kappa shape index (κ2) is 8.21. The summed E-state index contributed by atoms with van der Waals surface area (Å²) in [6.07, 6.45) is 0.218. The number of carbonyl (C=O) groups is 4. The molecule has 3 aliphatic rings. The van der Waals surface area contributed by atoms with Gasteiger partial charge in [-0.05, 0) is 36.3 Å². The highest BCUT2D eigenvalue weighted by Crippen LogP contribution is 2.55. The first-order valence-electron chi connectivity index (χ1n) is 11.2. The number of phenols is 1. The van der Waals surface area contributed by atoms with Crippen molar-refractivity contribution in [1.82, 2.24) is 0 Å². The monoisotopic (exact) mass is 485 g/mol. The van der Waals surface area contributed by atoms with Gasteiger partial charge >= 0.3 is 0 Å². The summed E-state index contributed by atoms with van der Waals surface area (Å²) in [5.41, 5.74) is 7.21. The quantitative estimate of drug-likeness (QED) is 0.229. The zero-order valence-electron chi connectivity index (χ0n) is 19.2. The topological polar surface area (TPSA) is 213 Å². The maximum Gasteiger partial charge on any atom is 0.255 e. The number of nitrogens with two attached hydrogens (primary N) is 2. The number of rotatable bonds is 4. The average Bonchev–Trinajstić information content (AvgIpc) is 2.77. The van der Waals surface area contributed by atoms with Crippen molar-refractivity contribution in [3.05, 3.63) is 40.2 Å². The summed E-state index contributed by atoms with van der Waals surface area (Å²) in [4.78, 5) is 50.5. The van der Waals surface area contributed by atoms with Gasteiger partial charge in [-0.3, -0.25) is 19.2 Å². The number of hydrogen-bond donors (Lipinski definition) is 7. The summed E-state index contributed by atoms with van der Waals surface area (Å²) < 4.78 is 0. The fourth-order valence-corrected chi connectivity index (χ4v) is 5.76. The molecule has 1 aromatic rings. The summed E-state index contributed by atoms with van der Waals surface area (Å²) in [6.45, 7) is 3.05. The van der Waals surface area contributed by atoms with Gasteiger partial charge in [-0.25, -0.2) is 0 Å². The number of phenolic OH excluding ortho intramolecular Hbond substituents is 1. The van der Waals surface area contributed by atoms with E-state index in [1.165, 1.54) is 6.07 Å². The Balaban J connectivity index is 1.92. The summed E-state index contributed by atoms with van der Waals surface area (Å²) in [5, 5.41) is 46.6. The number of carbonyl (C=O) groups excluding carboxylic acids is 4. The molecule has 0 spiro atoms. The molecule has 0 aliphatic heterocycles. The molecule has 0 saturated heterocycles. The van der Waals surface area contributed by atoms with Gasteiger partial charge in [0.25, 0.3) is 5.91 Å². The Labute approximate surface area is 200 Å². The second-order valence-electron chi connectivity index (χ2n) is 9.57. The lowest BCUT2D eigenvalue weighted by Gasteiger charge is -2.50. The molecule has 0 bridgehead atoms. The van der Waals surface area contributed by atoms with E-state index in [-0.39, 0.29) is 36.2 Å². The highest BCUT2D eigenvalue weighted by atomic mass is 16.3. The van der Waals surface area contributed by atoms with E-state index < -0.39 is 75.5 Å². The number of aliphatic hydroxyl groups is 3. The van der Waals surface area contributed by atoms with Crippen LogP contribution in [-0.4, -0.2) is 56.0 Å². The van der Waals surface area contributed by atoms with Crippen molar-refractivity contribution in [3.63, 3.8) is 0 Å². The Hall–Kier alpha value is -3.70. The Morgan fingerprint density at radius 2 is 1.86 bits per heavy atom. The molecule has 4 rings (SSSR count). The minimum atomic E-state index is -2.66. The first-order valence-corrected chi connectivity index (χ1v) is 11.2. The third-order valence-electron chi connectivity index (χ3n) is 7.30. The molecule has 1 fully saturated rings. The fourth-order valence-electron chi connectivity index (χ4n) is 5.76. The van der Waals surface area contributed by atoms with Gasteiger partial charge in [-0.1, -0.05) is 19.9 Å². The van der Waals surface area contributed by atoms with Crippen molar-refractivity contribution in [2.45, 2.75) is 32.3 Å². The van der Waals surface area contributed by atoms with Gasteiger partial charge in [0.15, 0.2) is 11.4 Å². The van der Waals surface area contributed by atoms with Gasteiger partial charge in [0.05, 0.1) is 17.8 Å². The molecular formula is C24H27N3O8. The van der Waals surface area contributed by atoms with Crippen LogP contribution in [0.4, 0.5) is 5.69 Å². The zero-order chi connectivity index (χ0) is 26.0. The Morgan fingerprint density at radius 1 is 1.20 bits per heavy atom. The van der Waals surface area contributed by atoms with Crippen LogP contribution >= 0.6 is 0 Å². The van der Waals surface area contributed by atoms with Crippen LogP contribution in [0, 0.1) is 23.7 Å². The van der Waals surface area contributed by atoms with Gasteiger partial charge in [0.2, 0.25) is 11.7 Å². The number of Topliss-reactive ketones (excluding diaryl/α,β-unsaturated/α-hetero) is 2. The predicted octanol–water partition coefficient (Wildman–Crippen LogP) is 0.203. The SMILES string of the molecule is CC(C)[C@@H]1C(=O)C(C(N)=O)=C(O)[C@@]2(O)C(=O)C3=C(O)c4c(ccc(NC(=O)CN)c4O)C[C@H]3C[C@@H]12. The smallest absolute Gasteiger partial charge is 0.255 e. The highest BCUT2D eigenvalue weighted by molar-refractivity contribution is 6.23. The van der Waals surface area contributed by atoms with Crippen LogP contribution in [0.2, 0.25) is 0 Å². The summed E-state index contributed by atoms with van der Waals surface area (Å²) in [7, 11) is 0. The number of aromatic hydroxyl groups is 1. The van der Waals surface area contributed by atoms with Gasteiger partial charge in [0, 0.05) is 17.4 Å². The van der Waals surface area contributed by atoms with Crippen LogP contribution < -0.4 is 16.8 Å². The average molecular weight is 485 g/mol. The molecule has 0 heterocycles. The summed E-state index contributed by atoms with van der Waals surface area (Å²) in [6, 6.07) is 3.02. The number of fused-ring (bicyclic) bond motifs is 3. The fraction of sp³-hybridized carbons (Fsp3) is 0.417. The number of primary amides is 1. The minimum absolute atomic E-state index is 0.0356. The number of hydrogen-bond acceptors (Lipinski definition) is 9. The molecular weight excluding hydrogens is 458 g/mol. The van der Waals surface area contributed by atoms with E-state index in [1.807, 2.05) is 0 Å². The van der Waals surface area contributed by atoms with Crippen LogP contribution in [0.5, 0.6) is 5.75 Å². The van der Waals surface area contributed by atoms with Crippen molar-refractivity contribution in [2.75, 3.05) is 11.9 Å². The molecule has 11 nitrogen and oxygen atoms in total. The molecule has 0 unspecified atom stereocenters. The molecule has 1 saturated carbocycles. The second-order valence-corrected chi connectivity index (χ2v) is 9.57. The lowest BCUT2D eigenvalue weighted by Crippen LogP contribution is -2.62. The highest BCUT2D eigenvalue weighted by Gasteiger charge is 2.63. The van der Waals surface area contributed by atoms with Gasteiger partial charge in [-0.2, -0.15) is 0 Å². The molecule has 4 atom stereocenters. The first-order chi connectivity index (χ1) is 16.4. The lowest BCUT2D eigenvalue weighted by atomic mass is 9.54. The van der Waals surface area contributed by atoms with E-state index in [0.29, 0.717) is 5.56 Å². The lowest BCUT2D eigenvalue weighted by molar-refractivity contribution is -0.155. The Morgan fingerprint density at radius 3 is 2.43 bits per heavy atom. The van der Waals surface area contributed by atoms with E-state index in [9.17, 15) is 39.6 Å². The van der Waals surface area contributed by atoms with Crippen LogP contribution in [-0.2, 0) is 25.6 Å². The summed E-state index contributed by atoms with van der Waals surface area (Å²) >= 11 is 0. The van der Waals surface area contributed by atoms with E-state index in [0.717, 1.165) is 0 Å². The molecule has 35 heavy (non-hydrogen) atoms. The largest absolute Gasteiger partial charge is 0.508 e. The van der Waals surface area contributed by atoms with Crippen LogP contribution in [0.15, 0.2) is 29.0 Å². The maximum atomic E-state index is 13.7. The van der Waals surface area contributed by atoms with Crippen molar-refractivity contribution >= 4 is 34.8 Å². The Bertz CT molecular complexity index is 1250. The molecule has 186 valence electrons.